The first-order chi connectivity index (χ1) is 12.3. The number of ether oxygens (including phenoxy) is 1. The summed E-state index contributed by atoms with van der Waals surface area (Å²) >= 11 is 1.53. The van der Waals surface area contributed by atoms with Crippen molar-refractivity contribution in [3.8, 4) is 0 Å². The second kappa shape index (κ2) is 8.54. The minimum atomic E-state index is -3.68. The standard InChI is InChI=1S/C16H21N3O5S2/c1-19(2)14(20)10-24-16(21)12(8-9-25-3)17-15-11-6-4-5-7-13(11)26(22,23)18-15/h4-7,12H,8-10H2,1-3H3,(H,17,18)/t12-/m0/s1. The summed E-state index contributed by atoms with van der Waals surface area (Å²) in [4.78, 5) is 29.7. The van der Waals surface area contributed by atoms with Gasteiger partial charge in [-0.15, -0.1) is 0 Å². The van der Waals surface area contributed by atoms with Crippen molar-refractivity contribution in [2.45, 2.75) is 17.4 Å². The molecule has 0 bridgehead atoms. The van der Waals surface area contributed by atoms with Crippen molar-refractivity contribution in [3.05, 3.63) is 29.8 Å². The van der Waals surface area contributed by atoms with Gasteiger partial charge in [-0.3, -0.25) is 14.5 Å². The lowest BCUT2D eigenvalue weighted by Gasteiger charge is -2.14. The van der Waals surface area contributed by atoms with Gasteiger partial charge in [0.1, 0.15) is 5.84 Å². The average molecular weight is 399 g/mol. The monoisotopic (exact) mass is 399 g/mol. The predicted octanol–water partition coefficient (Wildman–Crippen LogP) is 0.478. The molecule has 0 spiro atoms. The first-order valence-corrected chi connectivity index (χ1v) is 10.7. The molecule has 1 amide bonds. The summed E-state index contributed by atoms with van der Waals surface area (Å²) in [5.41, 5.74) is 0.416. The summed E-state index contributed by atoms with van der Waals surface area (Å²) in [6, 6.07) is 5.51. The maximum absolute atomic E-state index is 12.4. The average Bonchev–Trinajstić information content (AvgIpc) is 2.86. The van der Waals surface area contributed by atoms with Crippen molar-refractivity contribution in [1.82, 2.24) is 9.62 Å². The van der Waals surface area contributed by atoms with Crippen LogP contribution in [0.4, 0.5) is 0 Å². The van der Waals surface area contributed by atoms with E-state index in [1.807, 2.05) is 6.26 Å². The first kappa shape index (κ1) is 20.2. The fraction of sp³-hybridized carbons (Fsp3) is 0.438. The lowest BCUT2D eigenvalue weighted by atomic mass is 10.2. The number of sulfonamides is 1. The predicted molar refractivity (Wildman–Crippen MR) is 99.7 cm³/mol. The highest BCUT2D eigenvalue weighted by Gasteiger charge is 2.32. The summed E-state index contributed by atoms with van der Waals surface area (Å²) in [7, 11) is -0.560. The van der Waals surface area contributed by atoms with Gasteiger partial charge in [0.05, 0.1) is 4.90 Å². The number of carbonyl (C=O) groups excluding carboxylic acids is 2. The van der Waals surface area contributed by atoms with Crippen molar-refractivity contribution in [2.75, 3.05) is 32.7 Å². The minimum absolute atomic E-state index is 0.114. The van der Waals surface area contributed by atoms with E-state index in [-0.39, 0.29) is 23.2 Å². The van der Waals surface area contributed by atoms with E-state index in [9.17, 15) is 18.0 Å². The van der Waals surface area contributed by atoms with Crippen LogP contribution in [0.2, 0.25) is 0 Å². The number of thioether (sulfide) groups is 1. The zero-order chi connectivity index (χ0) is 19.3. The Labute approximate surface area is 157 Å². The van der Waals surface area contributed by atoms with Crippen molar-refractivity contribution in [1.29, 1.82) is 0 Å². The molecule has 1 aliphatic rings. The van der Waals surface area contributed by atoms with E-state index in [4.69, 9.17) is 4.74 Å². The van der Waals surface area contributed by atoms with Crippen molar-refractivity contribution >= 4 is 39.5 Å². The third-order valence-corrected chi connectivity index (χ3v) is 5.69. The second-order valence-electron chi connectivity index (χ2n) is 5.77. The number of hydrogen-bond acceptors (Lipinski definition) is 7. The van der Waals surface area contributed by atoms with Gasteiger partial charge in [-0.2, -0.15) is 11.8 Å². The molecule has 1 N–H and O–H groups in total. The summed E-state index contributed by atoms with van der Waals surface area (Å²) in [6.07, 6.45) is 2.25. The molecule has 1 heterocycles. The molecule has 8 nitrogen and oxygen atoms in total. The van der Waals surface area contributed by atoms with E-state index in [1.54, 1.807) is 32.3 Å². The number of likely N-dealkylation sites (N-methyl/N-ethyl adjacent to an activating group) is 1. The number of benzene rings is 1. The molecule has 26 heavy (non-hydrogen) atoms. The third-order valence-electron chi connectivity index (χ3n) is 3.65. The molecule has 1 aromatic carbocycles. The Morgan fingerprint density at radius 2 is 2.00 bits per heavy atom. The van der Waals surface area contributed by atoms with Crippen LogP contribution in [0.3, 0.4) is 0 Å². The Hall–Kier alpha value is -2.07. The maximum atomic E-state index is 12.4. The summed E-state index contributed by atoms with van der Waals surface area (Å²) in [5, 5.41) is 0. The first-order valence-electron chi connectivity index (χ1n) is 7.82. The number of esters is 1. The largest absolute Gasteiger partial charge is 0.454 e. The summed E-state index contributed by atoms with van der Waals surface area (Å²) in [5.74, 6) is -0.263. The fourth-order valence-corrected chi connectivity index (χ4v) is 3.91. The Balaban J connectivity index is 2.24. The van der Waals surface area contributed by atoms with Gasteiger partial charge in [-0.1, -0.05) is 12.1 Å². The van der Waals surface area contributed by atoms with Crippen LogP contribution in [0.5, 0.6) is 0 Å². The zero-order valence-corrected chi connectivity index (χ0v) is 16.4. The Kier molecular flexibility index (Phi) is 6.65. The SMILES string of the molecule is CSCC[C@H](N=C1NS(=O)(=O)c2ccccc21)C(=O)OCC(=O)N(C)C. The molecule has 10 heteroatoms. The van der Waals surface area contributed by atoms with Gasteiger partial charge in [-0.05, 0) is 30.6 Å². The van der Waals surface area contributed by atoms with Gasteiger partial charge in [0, 0.05) is 19.7 Å². The maximum Gasteiger partial charge on any atom is 0.331 e. The number of rotatable bonds is 7. The molecule has 0 saturated heterocycles. The number of nitrogens with zero attached hydrogens (tertiary/aromatic N) is 2. The van der Waals surface area contributed by atoms with Gasteiger partial charge in [0.25, 0.3) is 15.9 Å². The second-order valence-corrected chi connectivity index (χ2v) is 8.41. The summed E-state index contributed by atoms with van der Waals surface area (Å²) in [6.45, 7) is -0.380. The number of aliphatic imine (C=N–C) groups is 1. The number of carbonyl (C=O) groups is 2. The molecule has 0 aromatic heterocycles. The molecule has 142 valence electrons. The Morgan fingerprint density at radius 3 is 2.65 bits per heavy atom. The molecule has 2 rings (SSSR count). The highest BCUT2D eigenvalue weighted by Crippen LogP contribution is 2.23. The van der Waals surface area contributed by atoms with Crippen LogP contribution in [0.1, 0.15) is 12.0 Å². The van der Waals surface area contributed by atoms with Gasteiger partial charge < -0.3 is 9.64 Å². The fourth-order valence-electron chi connectivity index (χ4n) is 2.21. The number of nitrogens with one attached hydrogen (secondary N) is 1. The van der Waals surface area contributed by atoms with E-state index in [1.165, 1.54) is 22.7 Å². The summed E-state index contributed by atoms with van der Waals surface area (Å²) < 4.78 is 31.7. The van der Waals surface area contributed by atoms with Crippen LogP contribution < -0.4 is 4.72 Å². The van der Waals surface area contributed by atoms with E-state index in [0.29, 0.717) is 17.7 Å². The number of fused-ring (bicyclic) bond motifs is 1. The molecular formula is C16H21N3O5S2. The third kappa shape index (κ3) is 4.76. The van der Waals surface area contributed by atoms with Crippen LogP contribution in [0, 0.1) is 0 Å². The molecule has 1 aromatic rings. The minimum Gasteiger partial charge on any atom is -0.454 e. The molecule has 1 aliphatic heterocycles. The van der Waals surface area contributed by atoms with Crippen molar-refractivity contribution < 1.29 is 22.7 Å². The Morgan fingerprint density at radius 1 is 1.31 bits per heavy atom. The van der Waals surface area contributed by atoms with Crippen molar-refractivity contribution in [3.63, 3.8) is 0 Å². The smallest absolute Gasteiger partial charge is 0.331 e. The van der Waals surface area contributed by atoms with Gasteiger partial charge >= 0.3 is 5.97 Å². The van der Waals surface area contributed by atoms with Crippen LogP contribution >= 0.6 is 11.8 Å². The quantitative estimate of drug-likeness (QED) is 0.669. The highest BCUT2D eigenvalue weighted by atomic mass is 32.2. The van der Waals surface area contributed by atoms with E-state index in [2.05, 4.69) is 9.71 Å². The van der Waals surface area contributed by atoms with Gasteiger partial charge in [0.2, 0.25) is 0 Å². The number of amides is 1. The lowest BCUT2D eigenvalue weighted by Crippen LogP contribution is -2.32. The van der Waals surface area contributed by atoms with Crippen molar-refractivity contribution in [2.24, 2.45) is 4.99 Å². The number of amidine groups is 1. The lowest BCUT2D eigenvalue weighted by molar-refractivity contribution is -0.152. The molecule has 0 radical (unpaired) electrons. The molecule has 0 aliphatic carbocycles. The normalized spacial score (nSPS) is 17.3. The van der Waals surface area contributed by atoms with Crippen LogP contribution in [-0.4, -0.2) is 69.8 Å². The van der Waals surface area contributed by atoms with Crippen LogP contribution in [0.15, 0.2) is 34.2 Å². The van der Waals surface area contributed by atoms with Gasteiger partial charge in [-0.25, -0.2) is 13.2 Å². The molecule has 0 saturated carbocycles. The van der Waals surface area contributed by atoms with Crippen LogP contribution in [0.25, 0.3) is 0 Å². The molecule has 0 fully saturated rings. The van der Waals surface area contributed by atoms with E-state index in [0.717, 1.165) is 0 Å². The molecular weight excluding hydrogens is 378 g/mol. The van der Waals surface area contributed by atoms with Gasteiger partial charge in [0.15, 0.2) is 12.6 Å². The molecule has 0 unspecified atom stereocenters. The van der Waals surface area contributed by atoms with E-state index < -0.39 is 22.0 Å². The highest BCUT2D eigenvalue weighted by molar-refractivity contribution is 7.98. The van der Waals surface area contributed by atoms with Crippen LogP contribution in [-0.2, 0) is 24.3 Å². The molecule has 1 atom stereocenters. The Bertz CT molecular complexity index is 821. The number of hydrogen-bond donors (Lipinski definition) is 1. The topological polar surface area (TPSA) is 105 Å². The zero-order valence-electron chi connectivity index (χ0n) is 14.8. The van der Waals surface area contributed by atoms with E-state index >= 15 is 0 Å².